The highest BCUT2D eigenvalue weighted by atomic mass is 16.5. The van der Waals surface area contributed by atoms with Gasteiger partial charge in [0.05, 0.1) is 13.5 Å². The van der Waals surface area contributed by atoms with Crippen LogP contribution in [0.4, 0.5) is 0 Å². The molecule has 1 amide bonds. The first-order valence-corrected chi connectivity index (χ1v) is 8.19. The summed E-state index contributed by atoms with van der Waals surface area (Å²) in [6.45, 7) is 2.22. The number of ether oxygens (including phenoxy) is 1. The second kappa shape index (κ2) is 11.8. The molecule has 22 heavy (non-hydrogen) atoms. The monoisotopic (exact) mass is 304 g/mol. The molecule has 0 aromatic heterocycles. The predicted octanol–water partition coefficient (Wildman–Crippen LogP) is 4.09. The third-order valence-corrected chi connectivity index (χ3v) is 3.49. The lowest BCUT2D eigenvalue weighted by Crippen LogP contribution is -2.19. The number of hydrazone groups is 1. The van der Waals surface area contributed by atoms with Crippen LogP contribution >= 0.6 is 0 Å². The van der Waals surface area contributed by atoms with Gasteiger partial charge in [0.15, 0.2) is 0 Å². The number of rotatable bonds is 11. The predicted molar refractivity (Wildman–Crippen MR) is 91.3 cm³/mol. The van der Waals surface area contributed by atoms with Gasteiger partial charge in [-0.3, -0.25) is 4.79 Å². The van der Waals surface area contributed by atoms with Crippen molar-refractivity contribution >= 4 is 12.1 Å². The molecule has 4 heteroatoms. The highest BCUT2D eigenvalue weighted by molar-refractivity contribution is 5.79. The zero-order chi connectivity index (χ0) is 16.0. The number of nitrogens with zero attached hydrogens (tertiary/aromatic N) is 1. The lowest BCUT2D eigenvalue weighted by Gasteiger charge is -2.02. The lowest BCUT2D eigenvalue weighted by atomic mass is 10.1. The average molecular weight is 304 g/mol. The average Bonchev–Trinajstić information content (AvgIpc) is 2.54. The van der Waals surface area contributed by atoms with Gasteiger partial charge in [0.1, 0.15) is 5.75 Å². The second-order valence-electron chi connectivity index (χ2n) is 5.43. The van der Waals surface area contributed by atoms with E-state index in [1.165, 1.54) is 32.1 Å². The van der Waals surface area contributed by atoms with Gasteiger partial charge in [-0.15, -0.1) is 0 Å². The molecule has 0 spiro atoms. The first-order valence-electron chi connectivity index (χ1n) is 8.19. The lowest BCUT2D eigenvalue weighted by molar-refractivity contribution is -0.120. The van der Waals surface area contributed by atoms with Crippen LogP contribution in [0.15, 0.2) is 29.4 Å². The largest absolute Gasteiger partial charge is 0.497 e. The molecule has 0 bridgehead atoms. The smallest absolute Gasteiger partial charge is 0.244 e. The molecule has 0 saturated heterocycles. The van der Waals surface area contributed by atoms with E-state index in [0.717, 1.165) is 24.2 Å². The molecular weight excluding hydrogens is 276 g/mol. The van der Waals surface area contributed by atoms with Gasteiger partial charge in [-0.1, -0.05) is 51.2 Å². The number of carbonyl (C=O) groups is 1. The van der Waals surface area contributed by atoms with Gasteiger partial charge >= 0.3 is 0 Å². The van der Waals surface area contributed by atoms with E-state index in [9.17, 15) is 4.79 Å². The molecule has 0 radical (unpaired) electrons. The maximum Gasteiger partial charge on any atom is 0.244 e. The minimum absolute atomic E-state index is 0.0932. The van der Waals surface area contributed by atoms with Crippen molar-refractivity contribution in [2.45, 2.75) is 58.3 Å². The number of carbonyl (C=O) groups excluding carboxylic acids is 1. The summed E-state index contributed by atoms with van der Waals surface area (Å²) in [6, 6.07) is 7.48. The van der Waals surface area contributed by atoms with Crippen molar-refractivity contribution in [1.29, 1.82) is 0 Å². The molecule has 0 fully saturated rings. The number of methoxy groups -OCH3 is 1. The molecule has 0 unspecified atom stereocenters. The van der Waals surface area contributed by atoms with Gasteiger partial charge in [-0.25, -0.2) is 5.43 Å². The number of amides is 1. The SMILES string of the molecule is CCCCCCCCC=NNC(=O)Cc1ccc(OC)cc1. The summed E-state index contributed by atoms with van der Waals surface area (Å²) in [7, 11) is 1.63. The van der Waals surface area contributed by atoms with E-state index >= 15 is 0 Å². The number of hydrogen-bond donors (Lipinski definition) is 1. The van der Waals surface area contributed by atoms with Crippen LogP contribution in [0.5, 0.6) is 5.75 Å². The third kappa shape index (κ3) is 8.45. The van der Waals surface area contributed by atoms with Crippen molar-refractivity contribution in [3.05, 3.63) is 29.8 Å². The van der Waals surface area contributed by atoms with Crippen molar-refractivity contribution in [3.63, 3.8) is 0 Å². The molecule has 4 nitrogen and oxygen atoms in total. The Kier molecular flexibility index (Phi) is 9.75. The molecule has 1 rings (SSSR count). The zero-order valence-corrected chi connectivity index (χ0v) is 13.8. The molecule has 1 aromatic carbocycles. The number of hydrogen-bond acceptors (Lipinski definition) is 3. The first-order chi connectivity index (χ1) is 10.8. The zero-order valence-electron chi connectivity index (χ0n) is 13.8. The minimum atomic E-state index is -0.0932. The molecule has 1 aromatic rings. The molecule has 0 aliphatic carbocycles. The van der Waals surface area contributed by atoms with E-state index in [1.807, 2.05) is 24.3 Å². The molecule has 122 valence electrons. The highest BCUT2D eigenvalue weighted by Gasteiger charge is 2.02. The summed E-state index contributed by atoms with van der Waals surface area (Å²) >= 11 is 0. The fraction of sp³-hybridized carbons (Fsp3) is 0.556. The maximum absolute atomic E-state index is 11.7. The van der Waals surface area contributed by atoms with Crippen LogP contribution in [-0.2, 0) is 11.2 Å². The Morgan fingerprint density at radius 2 is 1.82 bits per heavy atom. The summed E-state index contributed by atoms with van der Waals surface area (Å²) in [6.07, 6.45) is 10.7. The van der Waals surface area contributed by atoms with Gasteiger partial charge in [-0.05, 0) is 30.5 Å². The van der Waals surface area contributed by atoms with E-state index in [2.05, 4.69) is 17.5 Å². The Balaban J connectivity index is 2.10. The Morgan fingerprint density at radius 1 is 1.14 bits per heavy atom. The first kappa shape index (κ1) is 18.2. The molecule has 0 aliphatic rings. The quantitative estimate of drug-likeness (QED) is 0.380. The van der Waals surface area contributed by atoms with Crippen LogP contribution in [0.25, 0.3) is 0 Å². The Labute approximate surface area is 134 Å². The van der Waals surface area contributed by atoms with Crippen LogP contribution in [0.3, 0.4) is 0 Å². The third-order valence-electron chi connectivity index (χ3n) is 3.49. The standard InChI is InChI=1S/C18H28N2O2/c1-3-4-5-6-7-8-9-14-19-20-18(21)15-16-10-12-17(22-2)13-11-16/h10-14H,3-9,15H2,1-2H3,(H,20,21). The van der Waals surface area contributed by atoms with E-state index in [0.29, 0.717) is 6.42 Å². The van der Waals surface area contributed by atoms with Gasteiger partial charge in [-0.2, -0.15) is 5.10 Å². The van der Waals surface area contributed by atoms with E-state index in [-0.39, 0.29) is 5.91 Å². The van der Waals surface area contributed by atoms with Crippen molar-refractivity contribution in [2.24, 2.45) is 5.10 Å². The highest BCUT2D eigenvalue weighted by Crippen LogP contribution is 2.11. The van der Waals surface area contributed by atoms with Crippen LogP contribution in [0.2, 0.25) is 0 Å². The van der Waals surface area contributed by atoms with Crippen LogP contribution in [0, 0.1) is 0 Å². The second-order valence-corrected chi connectivity index (χ2v) is 5.43. The van der Waals surface area contributed by atoms with Gasteiger partial charge in [0.2, 0.25) is 5.91 Å². The summed E-state index contributed by atoms with van der Waals surface area (Å²) in [5.41, 5.74) is 3.52. The van der Waals surface area contributed by atoms with Crippen molar-refractivity contribution in [3.8, 4) is 5.75 Å². The van der Waals surface area contributed by atoms with Gasteiger partial charge < -0.3 is 4.74 Å². The van der Waals surface area contributed by atoms with Crippen molar-refractivity contribution in [2.75, 3.05) is 7.11 Å². The van der Waals surface area contributed by atoms with Crippen molar-refractivity contribution < 1.29 is 9.53 Å². The molecule has 1 N–H and O–H groups in total. The van der Waals surface area contributed by atoms with Crippen LogP contribution in [-0.4, -0.2) is 19.2 Å². The Morgan fingerprint density at radius 3 is 2.50 bits per heavy atom. The molecule has 0 saturated carbocycles. The molecule has 0 atom stereocenters. The van der Waals surface area contributed by atoms with Gasteiger partial charge in [0, 0.05) is 6.21 Å². The Hall–Kier alpha value is -1.84. The van der Waals surface area contributed by atoms with E-state index in [1.54, 1.807) is 13.3 Å². The van der Waals surface area contributed by atoms with Crippen LogP contribution in [0.1, 0.15) is 57.4 Å². The molecular formula is C18H28N2O2. The summed E-state index contributed by atoms with van der Waals surface area (Å²) in [5, 5.41) is 3.99. The van der Waals surface area contributed by atoms with Gasteiger partial charge in [0.25, 0.3) is 0 Å². The fourth-order valence-electron chi connectivity index (χ4n) is 2.17. The molecule has 0 aliphatic heterocycles. The minimum Gasteiger partial charge on any atom is -0.497 e. The number of benzene rings is 1. The Bertz CT molecular complexity index is 441. The van der Waals surface area contributed by atoms with E-state index < -0.39 is 0 Å². The summed E-state index contributed by atoms with van der Waals surface area (Å²) in [4.78, 5) is 11.7. The number of nitrogens with one attached hydrogen (secondary N) is 1. The summed E-state index contributed by atoms with van der Waals surface area (Å²) < 4.78 is 5.08. The summed E-state index contributed by atoms with van der Waals surface area (Å²) in [5.74, 6) is 0.700. The number of unbranched alkanes of at least 4 members (excludes halogenated alkanes) is 6. The van der Waals surface area contributed by atoms with Crippen molar-refractivity contribution in [1.82, 2.24) is 5.43 Å². The normalized spacial score (nSPS) is 10.8. The molecule has 0 heterocycles. The maximum atomic E-state index is 11.7. The topological polar surface area (TPSA) is 50.7 Å². The van der Waals surface area contributed by atoms with E-state index in [4.69, 9.17) is 4.74 Å². The van der Waals surface area contributed by atoms with Crippen LogP contribution < -0.4 is 10.2 Å². The fourth-order valence-corrected chi connectivity index (χ4v) is 2.17.